The highest BCUT2D eigenvalue weighted by molar-refractivity contribution is 5.00. The SMILES string of the molecule is CC1CCC(C)N(CCC2CCCC2(CO)NC(C)C)C1. The minimum atomic E-state index is -0.0151. The van der Waals surface area contributed by atoms with Gasteiger partial charge in [0.1, 0.15) is 0 Å². The number of likely N-dealkylation sites (tertiary alicyclic amines) is 1. The number of aliphatic hydroxyl groups excluding tert-OH is 1. The zero-order valence-corrected chi connectivity index (χ0v) is 14.6. The molecule has 21 heavy (non-hydrogen) atoms. The summed E-state index contributed by atoms with van der Waals surface area (Å²) in [7, 11) is 0. The van der Waals surface area contributed by atoms with E-state index >= 15 is 0 Å². The molecule has 0 bridgehead atoms. The Morgan fingerprint density at radius 2 is 2.00 bits per heavy atom. The molecule has 0 amide bonds. The average Bonchev–Trinajstić information content (AvgIpc) is 2.82. The van der Waals surface area contributed by atoms with E-state index in [2.05, 4.69) is 37.9 Å². The first-order valence-electron chi connectivity index (χ1n) is 9.09. The molecule has 4 atom stereocenters. The molecule has 1 heterocycles. The van der Waals surface area contributed by atoms with E-state index in [-0.39, 0.29) is 5.54 Å². The summed E-state index contributed by atoms with van der Waals surface area (Å²) in [5, 5.41) is 13.7. The Morgan fingerprint density at radius 1 is 1.24 bits per heavy atom. The fourth-order valence-electron chi connectivity index (χ4n) is 4.60. The summed E-state index contributed by atoms with van der Waals surface area (Å²) >= 11 is 0. The van der Waals surface area contributed by atoms with Gasteiger partial charge in [0, 0.05) is 24.2 Å². The molecule has 0 radical (unpaired) electrons. The second-order valence-corrected chi connectivity index (χ2v) is 8.02. The molecule has 3 heteroatoms. The summed E-state index contributed by atoms with van der Waals surface area (Å²) in [4.78, 5) is 2.68. The van der Waals surface area contributed by atoms with Crippen molar-refractivity contribution < 1.29 is 5.11 Å². The van der Waals surface area contributed by atoms with E-state index in [9.17, 15) is 5.11 Å². The predicted octanol–water partition coefficient (Wildman–Crippen LogP) is 3.03. The van der Waals surface area contributed by atoms with Gasteiger partial charge in [-0.05, 0) is 57.4 Å². The Kier molecular flexibility index (Phi) is 6.10. The molecule has 2 rings (SSSR count). The Bertz CT molecular complexity index is 320. The Balaban J connectivity index is 1.91. The topological polar surface area (TPSA) is 35.5 Å². The van der Waals surface area contributed by atoms with Gasteiger partial charge in [0.15, 0.2) is 0 Å². The summed E-state index contributed by atoms with van der Waals surface area (Å²) in [5.41, 5.74) is -0.0151. The summed E-state index contributed by atoms with van der Waals surface area (Å²) in [6, 6.07) is 1.19. The number of nitrogens with zero attached hydrogens (tertiary/aromatic N) is 1. The minimum Gasteiger partial charge on any atom is -0.394 e. The van der Waals surface area contributed by atoms with Gasteiger partial charge in [-0.2, -0.15) is 0 Å². The van der Waals surface area contributed by atoms with Crippen molar-refractivity contribution in [2.24, 2.45) is 11.8 Å². The van der Waals surface area contributed by atoms with Gasteiger partial charge in [-0.3, -0.25) is 0 Å². The van der Waals surface area contributed by atoms with Crippen molar-refractivity contribution in [2.75, 3.05) is 19.7 Å². The molecule has 1 aliphatic carbocycles. The third-order valence-corrected chi connectivity index (χ3v) is 5.83. The monoisotopic (exact) mass is 296 g/mol. The van der Waals surface area contributed by atoms with Crippen LogP contribution in [0, 0.1) is 11.8 Å². The number of aliphatic hydroxyl groups is 1. The average molecular weight is 296 g/mol. The molecule has 124 valence electrons. The first-order chi connectivity index (χ1) is 9.97. The third-order valence-electron chi connectivity index (χ3n) is 5.83. The van der Waals surface area contributed by atoms with Crippen molar-refractivity contribution in [3.05, 3.63) is 0 Å². The highest BCUT2D eigenvalue weighted by atomic mass is 16.3. The fourth-order valence-corrected chi connectivity index (χ4v) is 4.60. The molecule has 2 fully saturated rings. The minimum absolute atomic E-state index is 0.0151. The zero-order valence-electron chi connectivity index (χ0n) is 14.6. The van der Waals surface area contributed by atoms with E-state index in [1.54, 1.807) is 0 Å². The number of hydrogen-bond acceptors (Lipinski definition) is 3. The van der Waals surface area contributed by atoms with Gasteiger partial charge in [0.2, 0.25) is 0 Å². The van der Waals surface area contributed by atoms with Crippen LogP contribution in [0.5, 0.6) is 0 Å². The third kappa shape index (κ3) is 4.20. The molecule has 1 aliphatic heterocycles. The van der Waals surface area contributed by atoms with E-state index in [0.29, 0.717) is 18.6 Å². The van der Waals surface area contributed by atoms with Crippen LogP contribution >= 0.6 is 0 Å². The molecule has 2 aliphatic rings. The van der Waals surface area contributed by atoms with E-state index in [1.165, 1.54) is 45.2 Å². The highest BCUT2D eigenvalue weighted by Gasteiger charge is 2.42. The molecule has 0 spiro atoms. The maximum absolute atomic E-state index is 9.99. The van der Waals surface area contributed by atoms with Gasteiger partial charge in [-0.1, -0.05) is 27.2 Å². The lowest BCUT2D eigenvalue weighted by molar-refractivity contribution is 0.0821. The molecule has 0 aromatic carbocycles. The molecule has 0 aromatic heterocycles. The van der Waals surface area contributed by atoms with E-state index < -0.39 is 0 Å². The normalized spacial score (nSPS) is 38.3. The summed E-state index contributed by atoms with van der Waals surface area (Å²) in [6.07, 6.45) is 7.64. The van der Waals surface area contributed by atoms with Crippen LogP contribution in [0.25, 0.3) is 0 Å². The van der Waals surface area contributed by atoms with Crippen molar-refractivity contribution in [3.8, 4) is 0 Å². The molecule has 2 N–H and O–H groups in total. The number of nitrogens with one attached hydrogen (secondary N) is 1. The summed E-state index contributed by atoms with van der Waals surface area (Å²) in [6.45, 7) is 11.9. The molecule has 1 saturated carbocycles. The van der Waals surface area contributed by atoms with Crippen LogP contribution in [-0.4, -0.2) is 47.3 Å². The first-order valence-corrected chi connectivity index (χ1v) is 9.09. The van der Waals surface area contributed by atoms with E-state index in [1.807, 2.05) is 0 Å². The van der Waals surface area contributed by atoms with Crippen LogP contribution in [0.3, 0.4) is 0 Å². The van der Waals surface area contributed by atoms with E-state index in [4.69, 9.17) is 0 Å². The smallest absolute Gasteiger partial charge is 0.0616 e. The van der Waals surface area contributed by atoms with Crippen LogP contribution in [0.4, 0.5) is 0 Å². The van der Waals surface area contributed by atoms with Crippen molar-refractivity contribution >= 4 is 0 Å². The van der Waals surface area contributed by atoms with Crippen LogP contribution in [0.2, 0.25) is 0 Å². The van der Waals surface area contributed by atoms with Gasteiger partial charge in [-0.25, -0.2) is 0 Å². The van der Waals surface area contributed by atoms with Crippen LogP contribution < -0.4 is 5.32 Å². The quantitative estimate of drug-likeness (QED) is 0.791. The first kappa shape index (κ1) is 17.2. The fraction of sp³-hybridized carbons (Fsp3) is 1.00. The lowest BCUT2D eigenvalue weighted by Gasteiger charge is -2.40. The second-order valence-electron chi connectivity index (χ2n) is 8.02. The summed E-state index contributed by atoms with van der Waals surface area (Å²) in [5.74, 6) is 1.48. The van der Waals surface area contributed by atoms with Crippen molar-refractivity contribution in [2.45, 2.75) is 83.8 Å². The van der Waals surface area contributed by atoms with Gasteiger partial charge < -0.3 is 15.3 Å². The van der Waals surface area contributed by atoms with Gasteiger partial charge in [0.25, 0.3) is 0 Å². The van der Waals surface area contributed by atoms with Crippen LogP contribution in [0.1, 0.15) is 66.2 Å². The molecular weight excluding hydrogens is 260 g/mol. The van der Waals surface area contributed by atoms with E-state index in [0.717, 1.165) is 18.4 Å². The number of hydrogen-bond donors (Lipinski definition) is 2. The standard InChI is InChI=1S/C18H36N2O/c1-14(2)19-18(13-21)10-5-6-17(18)9-11-20-12-15(3)7-8-16(20)4/h14-17,19,21H,5-13H2,1-4H3. The maximum atomic E-state index is 9.99. The van der Waals surface area contributed by atoms with Crippen molar-refractivity contribution in [1.29, 1.82) is 0 Å². The second kappa shape index (κ2) is 7.43. The van der Waals surface area contributed by atoms with Crippen molar-refractivity contribution in [3.63, 3.8) is 0 Å². The van der Waals surface area contributed by atoms with Gasteiger partial charge in [0.05, 0.1) is 6.61 Å². The molecule has 1 saturated heterocycles. The molecule has 4 unspecified atom stereocenters. The Hall–Kier alpha value is -0.120. The summed E-state index contributed by atoms with van der Waals surface area (Å²) < 4.78 is 0. The van der Waals surface area contributed by atoms with Gasteiger partial charge in [-0.15, -0.1) is 0 Å². The lowest BCUT2D eigenvalue weighted by atomic mass is 9.84. The Labute approximate surface area is 131 Å². The number of piperidine rings is 1. The molecular formula is C18H36N2O. The van der Waals surface area contributed by atoms with Crippen LogP contribution in [-0.2, 0) is 0 Å². The molecule has 3 nitrogen and oxygen atoms in total. The maximum Gasteiger partial charge on any atom is 0.0616 e. The highest BCUT2D eigenvalue weighted by Crippen LogP contribution is 2.38. The Morgan fingerprint density at radius 3 is 2.67 bits per heavy atom. The number of rotatable bonds is 6. The lowest BCUT2D eigenvalue weighted by Crippen LogP contribution is -2.55. The predicted molar refractivity (Wildman–Crippen MR) is 89.5 cm³/mol. The molecule has 0 aromatic rings. The van der Waals surface area contributed by atoms with Crippen LogP contribution in [0.15, 0.2) is 0 Å². The zero-order chi connectivity index (χ0) is 15.5. The van der Waals surface area contributed by atoms with Gasteiger partial charge >= 0.3 is 0 Å². The largest absolute Gasteiger partial charge is 0.394 e. The van der Waals surface area contributed by atoms with Crippen molar-refractivity contribution in [1.82, 2.24) is 10.2 Å².